The molecule has 0 aromatic heterocycles. The molecule has 0 bridgehead atoms. The molecule has 0 radical (unpaired) electrons. The van der Waals surface area contributed by atoms with Crippen LogP contribution >= 0.6 is 0 Å². The molecule has 100 valence electrons. The van der Waals surface area contributed by atoms with Gasteiger partial charge in [0.15, 0.2) is 0 Å². The first-order chi connectivity index (χ1) is 7.98. The van der Waals surface area contributed by atoms with Crippen molar-refractivity contribution in [3.05, 3.63) is 23.8 Å². The Bertz CT molecular complexity index is 232. The molecule has 0 heterocycles. The van der Waals surface area contributed by atoms with Crippen molar-refractivity contribution in [2.45, 2.75) is 78.2 Å². The van der Waals surface area contributed by atoms with Crippen molar-refractivity contribution in [1.82, 2.24) is 0 Å². The third-order valence-corrected chi connectivity index (χ3v) is 2.93. The SMILES string of the molecule is CCCCC/C=C/C[C@](C)(O)CCC=C(C)C. The van der Waals surface area contributed by atoms with Gasteiger partial charge in [0.25, 0.3) is 0 Å². The summed E-state index contributed by atoms with van der Waals surface area (Å²) in [7, 11) is 0. The predicted molar refractivity (Wildman–Crippen MR) is 77.2 cm³/mol. The van der Waals surface area contributed by atoms with Crippen molar-refractivity contribution in [1.29, 1.82) is 0 Å². The molecule has 0 aromatic carbocycles. The van der Waals surface area contributed by atoms with E-state index in [1.165, 1.54) is 24.8 Å². The summed E-state index contributed by atoms with van der Waals surface area (Å²) in [6, 6.07) is 0. The van der Waals surface area contributed by atoms with E-state index in [0.29, 0.717) is 0 Å². The molecule has 0 rings (SSSR count). The lowest BCUT2D eigenvalue weighted by molar-refractivity contribution is 0.0550. The van der Waals surface area contributed by atoms with Crippen molar-refractivity contribution >= 4 is 0 Å². The third kappa shape index (κ3) is 11.7. The molecule has 0 aliphatic carbocycles. The topological polar surface area (TPSA) is 20.2 Å². The number of unbranched alkanes of at least 4 members (excludes halogenated alkanes) is 3. The predicted octanol–water partition coefficient (Wildman–Crippen LogP) is 5.01. The molecule has 0 aliphatic rings. The minimum absolute atomic E-state index is 0.548. The zero-order chi connectivity index (χ0) is 13.1. The van der Waals surface area contributed by atoms with Crippen LogP contribution in [0.1, 0.15) is 72.6 Å². The van der Waals surface area contributed by atoms with Crippen LogP contribution in [0.2, 0.25) is 0 Å². The molecule has 0 saturated heterocycles. The molecule has 0 unspecified atom stereocenters. The zero-order valence-electron chi connectivity index (χ0n) is 12.1. The van der Waals surface area contributed by atoms with E-state index in [1.807, 2.05) is 6.92 Å². The fourth-order valence-electron chi connectivity index (χ4n) is 1.74. The van der Waals surface area contributed by atoms with Crippen LogP contribution in [0.15, 0.2) is 23.8 Å². The van der Waals surface area contributed by atoms with Crippen LogP contribution < -0.4 is 0 Å². The van der Waals surface area contributed by atoms with Gasteiger partial charge in [-0.05, 0) is 52.9 Å². The summed E-state index contributed by atoms with van der Waals surface area (Å²) in [6.07, 6.45) is 14.1. The zero-order valence-corrected chi connectivity index (χ0v) is 12.1. The smallest absolute Gasteiger partial charge is 0.0657 e. The van der Waals surface area contributed by atoms with E-state index >= 15 is 0 Å². The average molecular weight is 238 g/mol. The van der Waals surface area contributed by atoms with Crippen LogP contribution in [0, 0.1) is 0 Å². The van der Waals surface area contributed by atoms with Gasteiger partial charge >= 0.3 is 0 Å². The largest absolute Gasteiger partial charge is 0.390 e. The van der Waals surface area contributed by atoms with E-state index in [1.54, 1.807) is 0 Å². The van der Waals surface area contributed by atoms with Gasteiger partial charge in [-0.25, -0.2) is 0 Å². The lowest BCUT2D eigenvalue weighted by atomic mass is 9.95. The van der Waals surface area contributed by atoms with Crippen molar-refractivity contribution < 1.29 is 5.11 Å². The molecule has 0 fully saturated rings. The molecule has 0 amide bonds. The number of allylic oxidation sites excluding steroid dienone is 3. The molecule has 1 N–H and O–H groups in total. The Morgan fingerprint density at radius 1 is 1.12 bits per heavy atom. The average Bonchev–Trinajstić information content (AvgIpc) is 2.22. The first-order valence-corrected chi connectivity index (χ1v) is 6.98. The maximum atomic E-state index is 10.1. The molecule has 0 spiro atoms. The van der Waals surface area contributed by atoms with Gasteiger partial charge in [-0.15, -0.1) is 0 Å². The number of rotatable bonds is 9. The summed E-state index contributed by atoms with van der Waals surface area (Å²) in [5.74, 6) is 0. The van der Waals surface area contributed by atoms with Crippen LogP contribution in [0.5, 0.6) is 0 Å². The van der Waals surface area contributed by atoms with Gasteiger partial charge < -0.3 is 5.11 Å². The van der Waals surface area contributed by atoms with Crippen LogP contribution in [-0.2, 0) is 0 Å². The Morgan fingerprint density at radius 3 is 2.41 bits per heavy atom. The summed E-state index contributed by atoms with van der Waals surface area (Å²) in [6.45, 7) is 8.35. The van der Waals surface area contributed by atoms with Gasteiger partial charge in [0.2, 0.25) is 0 Å². The maximum Gasteiger partial charge on any atom is 0.0657 e. The summed E-state index contributed by atoms with van der Waals surface area (Å²) < 4.78 is 0. The Kier molecular flexibility index (Phi) is 9.16. The van der Waals surface area contributed by atoms with E-state index < -0.39 is 5.60 Å². The van der Waals surface area contributed by atoms with Crippen LogP contribution in [-0.4, -0.2) is 10.7 Å². The van der Waals surface area contributed by atoms with Crippen molar-refractivity contribution in [2.24, 2.45) is 0 Å². The van der Waals surface area contributed by atoms with E-state index in [0.717, 1.165) is 25.7 Å². The summed E-state index contributed by atoms with van der Waals surface area (Å²) in [5.41, 5.74) is 0.781. The highest BCUT2D eigenvalue weighted by atomic mass is 16.3. The Labute approximate surface area is 108 Å². The summed E-state index contributed by atoms with van der Waals surface area (Å²) >= 11 is 0. The standard InChI is InChI=1S/C16H30O/c1-5-6-7-8-9-10-13-16(4,17)14-11-12-15(2)3/h9-10,12,17H,5-8,11,13-14H2,1-4H3/b10-9+/t16-/m0/s1. The normalized spacial score (nSPS) is 14.9. The molecule has 17 heavy (non-hydrogen) atoms. The highest BCUT2D eigenvalue weighted by molar-refractivity contribution is 4.95. The van der Waals surface area contributed by atoms with Crippen molar-refractivity contribution in [3.8, 4) is 0 Å². The first kappa shape index (κ1) is 16.4. The number of hydrogen-bond donors (Lipinski definition) is 1. The quantitative estimate of drug-likeness (QED) is 0.442. The van der Waals surface area contributed by atoms with E-state index in [2.05, 4.69) is 39.0 Å². The molecule has 0 aliphatic heterocycles. The maximum absolute atomic E-state index is 10.1. The molecule has 1 heteroatoms. The fraction of sp³-hybridized carbons (Fsp3) is 0.750. The van der Waals surface area contributed by atoms with E-state index in [-0.39, 0.29) is 0 Å². The van der Waals surface area contributed by atoms with Gasteiger partial charge in [0, 0.05) is 0 Å². The second kappa shape index (κ2) is 9.47. The Balaban J connectivity index is 3.73. The van der Waals surface area contributed by atoms with Crippen LogP contribution in [0.4, 0.5) is 0 Å². The van der Waals surface area contributed by atoms with E-state index in [4.69, 9.17) is 0 Å². The lowest BCUT2D eigenvalue weighted by Gasteiger charge is -2.20. The minimum atomic E-state index is -0.548. The summed E-state index contributed by atoms with van der Waals surface area (Å²) in [5, 5.41) is 10.1. The van der Waals surface area contributed by atoms with Gasteiger partial charge in [-0.1, -0.05) is 43.6 Å². The molecular weight excluding hydrogens is 208 g/mol. The highest BCUT2D eigenvalue weighted by Gasteiger charge is 2.16. The van der Waals surface area contributed by atoms with E-state index in [9.17, 15) is 5.11 Å². The highest BCUT2D eigenvalue weighted by Crippen LogP contribution is 2.18. The second-order valence-electron chi connectivity index (χ2n) is 5.49. The van der Waals surface area contributed by atoms with Gasteiger partial charge in [-0.2, -0.15) is 0 Å². The molecular formula is C16H30O. The Hall–Kier alpha value is -0.560. The van der Waals surface area contributed by atoms with Gasteiger partial charge in [0.05, 0.1) is 5.60 Å². The molecule has 0 aromatic rings. The van der Waals surface area contributed by atoms with Crippen molar-refractivity contribution in [2.75, 3.05) is 0 Å². The summed E-state index contributed by atoms with van der Waals surface area (Å²) in [4.78, 5) is 0. The monoisotopic (exact) mass is 238 g/mol. The number of aliphatic hydroxyl groups is 1. The molecule has 1 nitrogen and oxygen atoms in total. The number of hydrogen-bond acceptors (Lipinski definition) is 1. The first-order valence-electron chi connectivity index (χ1n) is 6.98. The fourth-order valence-corrected chi connectivity index (χ4v) is 1.74. The minimum Gasteiger partial charge on any atom is -0.390 e. The Morgan fingerprint density at radius 2 is 1.82 bits per heavy atom. The van der Waals surface area contributed by atoms with Crippen molar-refractivity contribution in [3.63, 3.8) is 0 Å². The second-order valence-corrected chi connectivity index (χ2v) is 5.49. The molecule has 1 atom stereocenters. The molecule has 0 saturated carbocycles. The van der Waals surface area contributed by atoms with Crippen LogP contribution in [0.25, 0.3) is 0 Å². The third-order valence-electron chi connectivity index (χ3n) is 2.93. The lowest BCUT2D eigenvalue weighted by Crippen LogP contribution is -2.22. The van der Waals surface area contributed by atoms with Gasteiger partial charge in [0.1, 0.15) is 0 Å². The van der Waals surface area contributed by atoms with Crippen LogP contribution in [0.3, 0.4) is 0 Å². The van der Waals surface area contributed by atoms with Gasteiger partial charge in [-0.3, -0.25) is 0 Å².